The molecule has 1 fully saturated rings. The highest BCUT2D eigenvalue weighted by Gasteiger charge is 2.32. The first kappa shape index (κ1) is 22.1. The molecule has 1 saturated carbocycles. The van der Waals surface area contributed by atoms with Gasteiger partial charge in [0.25, 0.3) is 5.91 Å². The van der Waals surface area contributed by atoms with Crippen LogP contribution in [0.1, 0.15) is 30.9 Å². The summed E-state index contributed by atoms with van der Waals surface area (Å²) in [5.41, 5.74) is 0.599. The number of carbonyl (C=O) groups is 5. The Bertz CT molecular complexity index is 761. The van der Waals surface area contributed by atoms with E-state index in [0.717, 1.165) is 12.8 Å². The van der Waals surface area contributed by atoms with Gasteiger partial charge in [-0.05, 0) is 17.9 Å². The molecule has 9 nitrogen and oxygen atoms in total. The van der Waals surface area contributed by atoms with Crippen LogP contribution in [0.4, 0.5) is 0 Å². The Hall–Kier alpha value is -3.23. The highest BCUT2D eigenvalue weighted by molar-refractivity contribution is 6.38. The summed E-state index contributed by atoms with van der Waals surface area (Å²) in [7, 11) is 3.15. The van der Waals surface area contributed by atoms with Crippen molar-refractivity contribution in [1.29, 1.82) is 0 Å². The number of amides is 4. The van der Waals surface area contributed by atoms with Gasteiger partial charge in [-0.25, -0.2) is 0 Å². The summed E-state index contributed by atoms with van der Waals surface area (Å²) in [5, 5.41) is 7.20. The van der Waals surface area contributed by atoms with E-state index in [1.165, 1.54) is 4.90 Å². The van der Waals surface area contributed by atoms with Crippen LogP contribution in [0, 0.1) is 5.92 Å². The van der Waals surface area contributed by atoms with Gasteiger partial charge in [0.2, 0.25) is 24.0 Å². The molecule has 1 aromatic rings. The smallest absolute Gasteiger partial charge is 0.290 e. The number of hydrogen-bond donors (Lipinski definition) is 3. The summed E-state index contributed by atoms with van der Waals surface area (Å²) in [5.74, 6) is -2.35. The molecular weight excluding hydrogens is 376 g/mol. The largest absolute Gasteiger partial charge is 0.348 e. The van der Waals surface area contributed by atoms with Gasteiger partial charge in [-0.15, -0.1) is 0 Å². The topological polar surface area (TPSA) is 125 Å². The minimum atomic E-state index is -0.949. The minimum Gasteiger partial charge on any atom is -0.348 e. The van der Waals surface area contributed by atoms with E-state index in [1.807, 2.05) is 0 Å². The molecule has 2 rings (SSSR count). The lowest BCUT2D eigenvalue weighted by molar-refractivity contribution is -0.140. The molecule has 2 atom stereocenters. The number of nitrogens with zero attached hydrogens (tertiary/aromatic N) is 1. The predicted molar refractivity (Wildman–Crippen MR) is 104 cm³/mol. The molecule has 1 aromatic carbocycles. The molecule has 4 amide bonds. The zero-order valence-corrected chi connectivity index (χ0v) is 16.5. The van der Waals surface area contributed by atoms with Gasteiger partial charge in [-0.1, -0.05) is 43.2 Å². The first-order chi connectivity index (χ1) is 13.8. The lowest BCUT2D eigenvalue weighted by Crippen LogP contribution is -2.48. The highest BCUT2D eigenvalue weighted by atomic mass is 16.2. The maximum Gasteiger partial charge on any atom is 0.290 e. The molecule has 3 N–H and O–H groups in total. The van der Waals surface area contributed by atoms with Crippen LogP contribution >= 0.6 is 0 Å². The fourth-order valence-corrected chi connectivity index (χ4v) is 2.83. The van der Waals surface area contributed by atoms with E-state index in [2.05, 4.69) is 16.0 Å². The van der Waals surface area contributed by atoms with E-state index in [9.17, 15) is 24.0 Å². The molecular formula is C20H26N4O5. The Labute approximate surface area is 169 Å². The van der Waals surface area contributed by atoms with Crippen LogP contribution in [-0.2, 0) is 24.0 Å². The van der Waals surface area contributed by atoms with Gasteiger partial charge in [-0.2, -0.15) is 0 Å². The molecule has 156 valence electrons. The van der Waals surface area contributed by atoms with E-state index in [4.69, 9.17) is 0 Å². The van der Waals surface area contributed by atoms with Crippen LogP contribution in [0.2, 0.25) is 0 Å². The highest BCUT2D eigenvalue weighted by Crippen LogP contribution is 2.33. The fraction of sp³-hybridized carbons (Fsp3) is 0.450. The Kier molecular flexibility index (Phi) is 7.88. The van der Waals surface area contributed by atoms with E-state index in [0.29, 0.717) is 24.3 Å². The summed E-state index contributed by atoms with van der Waals surface area (Å²) in [6.07, 6.45) is 2.73. The first-order valence-corrected chi connectivity index (χ1v) is 9.40. The normalized spacial score (nSPS) is 14.8. The number of hydrogen-bond acceptors (Lipinski definition) is 5. The third-order valence-corrected chi connectivity index (χ3v) is 4.61. The third kappa shape index (κ3) is 6.70. The lowest BCUT2D eigenvalue weighted by atomic mass is 10.1. The average molecular weight is 402 g/mol. The summed E-state index contributed by atoms with van der Waals surface area (Å²) in [6.45, 7) is -0.466. The summed E-state index contributed by atoms with van der Waals surface area (Å²) in [4.78, 5) is 61.1. The number of ketones is 1. The van der Waals surface area contributed by atoms with Crippen LogP contribution in [0.25, 0.3) is 0 Å². The van der Waals surface area contributed by atoms with Crippen LogP contribution < -0.4 is 16.0 Å². The van der Waals surface area contributed by atoms with Gasteiger partial charge < -0.3 is 20.9 Å². The fourth-order valence-electron chi connectivity index (χ4n) is 2.83. The van der Waals surface area contributed by atoms with Crippen LogP contribution in [0.3, 0.4) is 0 Å². The molecule has 1 aliphatic carbocycles. The minimum absolute atomic E-state index is 0.327. The van der Waals surface area contributed by atoms with Crippen molar-refractivity contribution < 1.29 is 24.0 Å². The van der Waals surface area contributed by atoms with Crippen molar-refractivity contribution in [3.63, 3.8) is 0 Å². The van der Waals surface area contributed by atoms with Gasteiger partial charge in [0.15, 0.2) is 0 Å². The van der Waals surface area contributed by atoms with Crippen molar-refractivity contribution >= 4 is 29.9 Å². The maximum absolute atomic E-state index is 12.4. The van der Waals surface area contributed by atoms with Crippen molar-refractivity contribution in [3.8, 4) is 0 Å². The molecule has 0 radical (unpaired) electrons. The molecule has 9 heteroatoms. The van der Waals surface area contributed by atoms with Gasteiger partial charge in [0, 0.05) is 14.1 Å². The average Bonchev–Trinajstić information content (AvgIpc) is 3.53. The zero-order chi connectivity index (χ0) is 21.4. The van der Waals surface area contributed by atoms with E-state index >= 15 is 0 Å². The molecule has 0 aliphatic heterocycles. The molecule has 0 saturated heterocycles. The van der Waals surface area contributed by atoms with Crippen molar-refractivity contribution in [2.45, 2.75) is 31.3 Å². The number of rotatable bonds is 11. The van der Waals surface area contributed by atoms with Gasteiger partial charge in [0.1, 0.15) is 6.04 Å². The maximum atomic E-state index is 12.4. The number of Topliss-reactive ketones (excluding diaryl/α,β-unsaturated/α-hetero) is 1. The zero-order valence-electron chi connectivity index (χ0n) is 16.5. The second-order valence-corrected chi connectivity index (χ2v) is 7.21. The van der Waals surface area contributed by atoms with Gasteiger partial charge >= 0.3 is 0 Å². The predicted octanol–water partition coefficient (Wildman–Crippen LogP) is -0.468. The van der Waals surface area contributed by atoms with Crippen molar-refractivity contribution in [1.82, 2.24) is 20.9 Å². The monoisotopic (exact) mass is 402 g/mol. The lowest BCUT2D eigenvalue weighted by Gasteiger charge is -2.22. The molecule has 29 heavy (non-hydrogen) atoms. The van der Waals surface area contributed by atoms with E-state index < -0.39 is 36.2 Å². The molecule has 0 spiro atoms. The quantitative estimate of drug-likeness (QED) is 0.341. The number of carbonyl (C=O) groups excluding carboxylic acids is 5. The summed E-state index contributed by atoms with van der Waals surface area (Å²) < 4.78 is 0. The molecule has 1 aliphatic rings. The Morgan fingerprint density at radius 1 is 1.14 bits per heavy atom. The van der Waals surface area contributed by atoms with Crippen molar-refractivity contribution in [3.05, 3.63) is 35.9 Å². The van der Waals surface area contributed by atoms with Crippen LogP contribution in [0.5, 0.6) is 0 Å². The van der Waals surface area contributed by atoms with E-state index in [1.54, 1.807) is 44.4 Å². The van der Waals surface area contributed by atoms with Gasteiger partial charge in [-0.3, -0.25) is 24.0 Å². The van der Waals surface area contributed by atoms with Crippen LogP contribution in [0.15, 0.2) is 30.3 Å². The summed E-state index contributed by atoms with van der Waals surface area (Å²) in [6, 6.07) is 6.90. The molecule has 0 bridgehead atoms. The SMILES string of the molecule is CN(C)C(=O)C(NC(=O)CNC(=O)C(=O)C(CC1CC1)NC=O)c1ccccc1. The first-order valence-electron chi connectivity index (χ1n) is 9.40. The standard InChI is InChI=1S/C20H26N4O5/c1-24(2)20(29)17(14-6-4-3-5-7-14)23-16(26)11-21-19(28)18(27)15(22-12-25)10-13-8-9-13/h3-7,12-13,15,17H,8-11H2,1-2H3,(H,21,28)(H,22,25)(H,23,26). The number of likely N-dealkylation sites (N-methyl/N-ethyl adjacent to an activating group) is 1. The second-order valence-electron chi connectivity index (χ2n) is 7.21. The molecule has 0 aromatic heterocycles. The third-order valence-electron chi connectivity index (χ3n) is 4.61. The Balaban J connectivity index is 1.93. The van der Waals surface area contributed by atoms with Crippen molar-refractivity contribution in [2.24, 2.45) is 5.92 Å². The Morgan fingerprint density at radius 3 is 2.34 bits per heavy atom. The van der Waals surface area contributed by atoms with Crippen molar-refractivity contribution in [2.75, 3.05) is 20.6 Å². The van der Waals surface area contributed by atoms with Gasteiger partial charge in [0.05, 0.1) is 12.6 Å². The molecule has 2 unspecified atom stereocenters. The number of benzene rings is 1. The number of nitrogens with one attached hydrogen (secondary N) is 3. The summed E-state index contributed by atoms with van der Waals surface area (Å²) >= 11 is 0. The second kappa shape index (κ2) is 10.4. The van der Waals surface area contributed by atoms with E-state index in [-0.39, 0.29) is 5.91 Å². The van der Waals surface area contributed by atoms with Crippen LogP contribution in [-0.4, -0.2) is 61.5 Å². The molecule has 0 heterocycles. The Morgan fingerprint density at radius 2 is 1.79 bits per heavy atom.